The van der Waals surface area contributed by atoms with Crippen molar-refractivity contribution in [3.05, 3.63) is 29.3 Å². The minimum absolute atomic E-state index is 0.143. The summed E-state index contributed by atoms with van der Waals surface area (Å²) in [5.41, 5.74) is 1.76. The SMILES string of the molecule is CC.CC.CC.CCCC.Cc1cc(C(=O)CN2CCN(C(=O)C3CCCCC3)CC2)ccc1OCCCN1CCC[C@H]1C. The van der Waals surface area contributed by atoms with Gasteiger partial charge in [-0.05, 0) is 76.3 Å². The molecule has 1 amide bonds. The minimum Gasteiger partial charge on any atom is -0.493 e. The van der Waals surface area contributed by atoms with Gasteiger partial charge in [0, 0.05) is 50.2 Å². The zero-order valence-corrected chi connectivity index (χ0v) is 30.7. The molecule has 1 aliphatic carbocycles. The summed E-state index contributed by atoms with van der Waals surface area (Å²) < 4.78 is 6.01. The van der Waals surface area contributed by atoms with E-state index in [9.17, 15) is 9.59 Å². The monoisotopic (exact) mass is 618 g/mol. The third-order valence-corrected chi connectivity index (χ3v) is 8.54. The van der Waals surface area contributed by atoms with Gasteiger partial charge in [-0.25, -0.2) is 0 Å². The van der Waals surface area contributed by atoms with E-state index in [-0.39, 0.29) is 11.7 Å². The number of rotatable bonds is 10. The molecule has 0 N–H and O–H groups in total. The Morgan fingerprint density at radius 3 is 1.95 bits per heavy atom. The van der Waals surface area contributed by atoms with Crippen molar-refractivity contribution in [2.24, 2.45) is 5.92 Å². The van der Waals surface area contributed by atoms with Crippen molar-refractivity contribution in [1.82, 2.24) is 14.7 Å². The highest BCUT2D eigenvalue weighted by Gasteiger charge is 2.29. The second-order valence-electron chi connectivity index (χ2n) is 11.6. The van der Waals surface area contributed by atoms with Crippen LogP contribution < -0.4 is 4.74 Å². The van der Waals surface area contributed by atoms with Gasteiger partial charge in [-0.3, -0.25) is 14.5 Å². The Bertz CT molecular complexity index is 859. The first-order chi connectivity index (χ1) is 21.4. The van der Waals surface area contributed by atoms with Crippen molar-refractivity contribution in [2.75, 3.05) is 52.4 Å². The number of likely N-dealkylation sites (tertiary alicyclic amines) is 1. The molecule has 0 spiro atoms. The average Bonchev–Trinajstić information content (AvgIpc) is 3.51. The van der Waals surface area contributed by atoms with Crippen LogP contribution in [-0.2, 0) is 4.79 Å². The Balaban J connectivity index is 0.00000165. The number of ether oxygens (including phenoxy) is 1. The van der Waals surface area contributed by atoms with Gasteiger partial charge in [0.05, 0.1) is 13.2 Å². The van der Waals surface area contributed by atoms with Crippen LogP contribution in [0.15, 0.2) is 18.2 Å². The number of unbranched alkanes of at least 4 members (excludes halogenated alkanes) is 1. The maximum Gasteiger partial charge on any atom is 0.225 e. The number of carbonyl (C=O) groups is 2. The Labute approximate surface area is 273 Å². The molecule has 6 nitrogen and oxygen atoms in total. The molecule has 0 unspecified atom stereocenters. The lowest BCUT2D eigenvalue weighted by atomic mass is 9.88. The Morgan fingerprint density at radius 1 is 0.818 bits per heavy atom. The molecule has 3 fully saturated rings. The van der Waals surface area contributed by atoms with Crippen LogP contribution in [0.1, 0.15) is 142 Å². The highest BCUT2D eigenvalue weighted by molar-refractivity contribution is 5.98. The predicted octanol–water partition coefficient (Wildman–Crippen LogP) is 9.04. The lowest BCUT2D eigenvalue weighted by Crippen LogP contribution is -2.51. The van der Waals surface area contributed by atoms with Crippen LogP contribution in [0.2, 0.25) is 0 Å². The van der Waals surface area contributed by atoms with Crippen LogP contribution in [0.4, 0.5) is 0 Å². The first-order valence-corrected chi connectivity index (χ1v) is 18.4. The van der Waals surface area contributed by atoms with Crippen LogP contribution >= 0.6 is 0 Å². The summed E-state index contributed by atoms with van der Waals surface area (Å²) in [5, 5.41) is 0. The van der Waals surface area contributed by atoms with Crippen molar-refractivity contribution in [1.29, 1.82) is 0 Å². The topological polar surface area (TPSA) is 53.1 Å². The van der Waals surface area contributed by atoms with E-state index in [1.54, 1.807) is 0 Å². The molecule has 256 valence electrons. The molecule has 1 aromatic carbocycles. The van der Waals surface area contributed by atoms with Gasteiger partial charge in [0.25, 0.3) is 0 Å². The highest BCUT2D eigenvalue weighted by atomic mass is 16.5. The quantitative estimate of drug-likeness (QED) is 0.194. The number of Topliss-reactive ketones (excluding diaryl/α,β-unsaturated/α-hetero) is 1. The molecule has 1 saturated carbocycles. The lowest BCUT2D eigenvalue weighted by molar-refractivity contribution is -0.138. The largest absolute Gasteiger partial charge is 0.493 e. The number of hydrogen-bond acceptors (Lipinski definition) is 5. The van der Waals surface area contributed by atoms with Crippen LogP contribution in [-0.4, -0.2) is 84.9 Å². The van der Waals surface area contributed by atoms with Crippen LogP contribution in [0, 0.1) is 12.8 Å². The second kappa shape index (κ2) is 26.3. The van der Waals surface area contributed by atoms with E-state index in [0.29, 0.717) is 25.1 Å². The van der Waals surface area contributed by atoms with Gasteiger partial charge < -0.3 is 14.5 Å². The van der Waals surface area contributed by atoms with Gasteiger partial charge in [0.2, 0.25) is 5.91 Å². The maximum atomic E-state index is 12.9. The van der Waals surface area contributed by atoms with Gasteiger partial charge in [-0.1, -0.05) is 87.5 Å². The fourth-order valence-electron chi connectivity index (χ4n) is 5.79. The first kappa shape index (κ1) is 42.1. The summed E-state index contributed by atoms with van der Waals surface area (Å²) >= 11 is 0. The van der Waals surface area contributed by atoms with Crippen LogP contribution in [0.25, 0.3) is 0 Å². The van der Waals surface area contributed by atoms with Crippen molar-refractivity contribution in [2.45, 2.75) is 139 Å². The van der Waals surface area contributed by atoms with E-state index in [0.717, 1.165) is 68.9 Å². The molecule has 6 heteroatoms. The van der Waals surface area contributed by atoms with Crippen molar-refractivity contribution in [3.63, 3.8) is 0 Å². The number of ketones is 1. The van der Waals surface area contributed by atoms with Crippen molar-refractivity contribution >= 4 is 11.7 Å². The van der Waals surface area contributed by atoms with Gasteiger partial charge in [-0.2, -0.15) is 0 Å². The Morgan fingerprint density at radius 2 is 1.43 bits per heavy atom. The summed E-state index contributed by atoms with van der Waals surface area (Å²) in [6, 6.07) is 6.51. The molecule has 2 aliphatic heterocycles. The lowest BCUT2D eigenvalue weighted by Gasteiger charge is -2.36. The zero-order chi connectivity index (χ0) is 33.3. The van der Waals surface area contributed by atoms with Crippen LogP contribution in [0.3, 0.4) is 0 Å². The number of carbonyl (C=O) groups excluding carboxylic acids is 2. The summed E-state index contributed by atoms with van der Waals surface area (Å²) in [7, 11) is 0. The molecule has 3 aliphatic rings. The fourth-order valence-corrected chi connectivity index (χ4v) is 5.79. The minimum atomic E-state index is 0.143. The fraction of sp³-hybridized carbons (Fsp3) is 0.789. The van der Waals surface area contributed by atoms with E-state index in [1.165, 1.54) is 51.5 Å². The Kier molecular flexibility index (Phi) is 25.2. The zero-order valence-electron chi connectivity index (χ0n) is 30.7. The van der Waals surface area contributed by atoms with E-state index < -0.39 is 0 Å². The normalized spacial score (nSPS) is 18.7. The molecule has 0 bridgehead atoms. The summed E-state index contributed by atoms with van der Waals surface area (Å²) in [5.74, 6) is 1.59. The van der Waals surface area contributed by atoms with Gasteiger partial charge in [0.15, 0.2) is 5.78 Å². The van der Waals surface area contributed by atoms with E-state index in [1.807, 2.05) is 71.6 Å². The predicted molar refractivity (Wildman–Crippen MR) is 190 cm³/mol. The number of amides is 1. The average molecular weight is 618 g/mol. The number of aryl methyl sites for hydroxylation is 1. The molecule has 1 atom stereocenters. The molecular weight excluding hydrogens is 546 g/mol. The van der Waals surface area contributed by atoms with Crippen LogP contribution in [0.5, 0.6) is 5.75 Å². The van der Waals surface area contributed by atoms with Gasteiger partial charge >= 0.3 is 0 Å². The molecular formula is C38H71N3O3. The first-order valence-electron chi connectivity index (χ1n) is 18.4. The third kappa shape index (κ3) is 15.4. The number of piperazine rings is 1. The van der Waals surface area contributed by atoms with Gasteiger partial charge in [0.1, 0.15) is 5.75 Å². The molecule has 2 heterocycles. The standard InChI is InChI=1S/C28H43N3O3.C4H10.3C2H6/c1-22-20-25(11-12-27(22)34-19-7-14-30-13-6-8-23(30)2)26(32)21-29-15-17-31(18-16-29)28(33)24-9-4-3-5-10-24;1-3-4-2;3*1-2/h11-12,20,23-24H,3-10,13-19,21H2,1-2H3;3-4H2,1-2H3;3*1-2H3/t23-;;;;/m1..../s1. The molecule has 0 aromatic heterocycles. The molecule has 0 radical (unpaired) electrons. The summed E-state index contributed by atoms with van der Waals surface area (Å²) in [6.07, 6.45) is 12.0. The number of nitrogens with zero attached hydrogens (tertiary/aromatic N) is 3. The molecule has 44 heavy (non-hydrogen) atoms. The molecule has 2 saturated heterocycles. The second-order valence-corrected chi connectivity index (χ2v) is 11.6. The number of hydrogen-bond donors (Lipinski definition) is 0. The van der Waals surface area contributed by atoms with Crippen molar-refractivity contribution < 1.29 is 14.3 Å². The Hall–Kier alpha value is -1.92. The van der Waals surface area contributed by atoms with Crippen molar-refractivity contribution in [3.8, 4) is 5.75 Å². The summed E-state index contributed by atoms with van der Waals surface area (Å²) in [6.45, 7) is 27.2. The van der Waals surface area contributed by atoms with E-state index in [2.05, 4.69) is 30.6 Å². The summed E-state index contributed by atoms with van der Waals surface area (Å²) in [4.78, 5) is 32.4. The third-order valence-electron chi connectivity index (χ3n) is 8.54. The van der Waals surface area contributed by atoms with E-state index >= 15 is 0 Å². The number of benzene rings is 1. The smallest absolute Gasteiger partial charge is 0.225 e. The molecule has 1 aromatic rings. The maximum absolute atomic E-state index is 12.9. The highest BCUT2D eigenvalue weighted by Crippen LogP contribution is 2.26. The van der Waals surface area contributed by atoms with E-state index in [4.69, 9.17) is 4.74 Å². The van der Waals surface area contributed by atoms with Gasteiger partial charge in [-0.15, -0.1) is 0 Å². The molecule has 4 rings (SSSR count).